The Morgan fingerprint density at radius 3 is 1.97 bits per heavy atom. The van der Waals surface area contributed by atoms with Crippen LogP contribution in [0.1, 0.15) is 51.3 Å². The van der Waals surface area contributed by atoms with Crippen molar-refractivity contribution in [1.82, 2.24) is 14.5 Å². The van der Waals surface area contributed by atoms with Crippen molar-refractivity contribution >= 4 is 11.0 Å². The van der Waals surface area contributed by atoms with Gasteiger partial charge >= 0.3 is 0 Å². The van der Waals surface area contributed by atoms with Crippen LogP contribution >= 0.6 is 0 Å². The number of imidazole rings is 1. The Labute approximate surface area is 366 Å². The van der Waals surface area contributed by atoms with E-state index in [1.165, 1.54) is 16.7 Å². The van der Waals surface area contributed by atoms with Gasteiger partial charge in [0.15, 0.2) is 0 Å². The number of benzene rings is 7. The van der Waals surface area contributed by atoms with Gasteiger partial charge < -0.3 is 5.11 Å². The van der Waals surface area contributed by atoms with Crippen molar-refractivity contribution in [2.75, 3.05) is 0 Å². The summed E-state index contributed by atoms with van der Waals surface area (Å²) < 4.78 is 2.23. The van der Waals surface area contributed by atoms with E-state index in [2.05, 4.69) is 191 Å². The van der Waals surface area contributed by atoms with Gasteiger partial charge in [0.25, 0.3) is 0 Å². The molecule has 0 bridgehead atoms. The van der Waals surface area contributed by atoms with Crippen molar-refractivity contribution in [1.29, 1.82) is 0 Å². The van der Waals surface area contributed by atoms with Crippen molar-refractivity contribution in [2.45, 2.75) is 45.4 Å². The Balaban J connectivity index is 0.00000462. The maximum Gasteiger partial charge on any atom is 0.148 e. The molecule has 296 valence electrons. The monoisotopic (exact) mass is 957 g/mol. The molecule has 1 N–H and O–H groups in total. The average molecular weight is 958 g/mol. The molecule has 9 aromatic rings. The summed E-state index contributed by atoms with van der Waals surface area (Å²) in [6.45, 7) is 11.2. The molecule has 1 aliphatic rings. The van der Waals surface area contributed by atoms with Crippen LogP contribution in [0, 0.1) is 6.07 Å². The third kappa shape index (κ3) is 6.60. The van der Waals surface area contributed by atoms with Gasteiger partial charge in [-0.15, -0.1) is 29.3 Å². The smallest absolute Gasteiger partial charge is 0.148 e. The van der Waals surface area contributed by atoms with Crippen LogP contribution in [0.2, 0.25) is 0 Å². The molecular weight excluding hydrogens is 914 g/mol. The van der Waals surface area contributed by atoms with E-state index < -0.39 is 0 Å². The Bertz CT molecular complexity index is 3070. The zero-order chi connectivity index (χ0) is 40.5. The minimum atomic E-state index is -0.254. The average Bonchev–Trinajstić information content (AvgIpc) is 3.75. The largest absolute Gasteiger partial charge is 0.507 e. The van der Waals surface area contributed by atoms with E-state index in [4.69, 9.17) is 9.97 Å². The number of rotatable bonds is 6. The maximum absolute atomic E-state index is 12.1. The quantitative estimate of drug-likeness (QED) is 0.169. The van der Waals surface area contributed by atoms with E-state index in [1.807, 2.05) is 24.4 Å². The molecule has 0 radical (unpaired) electrons. The van der Waals surface area contributed by atoms with Crippen molar-refractivity contribution < 1.29 is 26.2 Å². The third-order valence-electron chi connectivity index (χ3n) is 12.0. The van der Waals surface area contributed by atoms with Crippen LogP contribution in [0.25, 0.3) is 83.9 Å². The van der Waals surface area contributed by atoms with Crippen molar-refractivity contribution in [2.24, 2.45) is 0 Å². The number of para-hydroxylation sites is 2. The molecule has 0 fully saturated rings. The van der Waals surface area contributed by atoms with Crippen molar-refractivity contribution in [3.05, 3.63) is 193 Å². The van der Waals surface area contributed by atoms with Crippen LogP contribution in [0.5, 0.6) is 5.75 Å². The van der Waals surface area contributed by atoms with E-state index in [9.17, 15) is 5.11 Å². The van der Waals surface area contributed by atoms with E-state index >= 15 is 0 Å². The second kappa shape index (κ2) is 15.0. The Hall–Kier alpha value is -6.35. The van der Waals surface area contributed by atoms with E-state index in [-0.39, 0.29) is 37.6 Å². The summed E-state index contributed by atoms with van der Waals surface area (Å²) in [6.07, 6.45) is 1.89. The van der Waals surface area contributed by atoms with Gasteiger partial charge in [-0.2, -0.15) is 0 Å². The third-order valence-corrected chi connectivity index (χ3v) is 12.0. The molecule has 10 rings (SSSR count). The molecule has 0 saturated carbocycles. The molecule has 2 aromatic heterocycles. The molecule has 0 aliphatic heterocycles. The van der Waals surface area contributed by atoms with Gasteiger partial charge in [0, 0.05) is 43.9 Å². The summed E-state index contributed by atoms with van der Waals surface area (Å²) in [5.74, 6) is 0.871. The predicted molar refractivity (Wildman–Crippen MR) is 243 cm³/mol. The van der Waals surface area contributed by atoms with Crippen LogP contribution in [0.4, 0.5) is 0 Å². The second-order valence-corrected chi connectivity index (χ2v) is 17.2. The molecule has 1 aliphatic carbocycles. The van der Waals surface area contributed by atoms with Gasteiger partial charge in [-0.05, 0) is 74.7 Å². The molecule has 0 amide bonds. The predicted octanol–water partition coefficient (Wildman–Crippen LogP) is 13.9. The summed E-state index contributed by atoms with van der Waals surface area (Å²) in [5.41, 5.74) is 17.0. The number of phenolic OH excluding ortho intramolecular Hbond substituents is 1. The molecule has 0 saturated heterocycles. The Morgan fingerprint density at radius 2 is 1.22 bits per heavy atom. The summed E-state index contributed by atoms with van der Waals surface area (Å²) in [7, 11) is 0. The van der Waals surface area contributed by atoms with Gasteiger partial charge in [0.05, 0.1) is 22.3 Å². The first kappa shape index (κ1) is 39.1. The number of hydrogen-bond acceptors (Lipinski definition) is 3. The van der Waals surface area contributed by atoms with Crippen molar-refractivity contribution in [3.63, 3.8) is 0 Å². The number of aromatic nitrogens is 3. The van der Waals surface area contributed by atoms with Crippen LogP contribution in [-0.4, -0.2) is 19.6 Å². The Morgan fingerprint density at radius 1 is 0.567 bits per heavy atom. The van der Waals surface area contributed by atoms with Gasteiger partial charge in [0.2, 0.25) is 0 Å². The molecule has 60 heavy (non-hydrogen) atoms. The molecule has 0 spiro atoms. The molecular formula is C55H44N3OPt-. The van der Waals surface area contributed by atoms with E-state index in [0.29, 0.717) is 11.4 Å². The van der Waals surface area contributed by atoms with Crippen molar-refractivity contribution in [3.8, 4) is 78.6 Å². The SMILES string of the molecule is CC(C)(C)c1cc(-c2cc(-c3ccccc3)ccn2)[c-]c(-c2cccc3c2nc(-c2cc4c(cc2O)C(C)(C)c2ccccc2-4)n3-c2ccccc2-c2ccccc2)c1.[Pt]. The summed E-state index contributed by atoms with van der Waals surface area (Å²) in [4.78, 5) is 10.4. The molecule has 2 heterocycles. The van der Waals surface area contributed by atoms with Gasteiger partial charge in [-0.1, -0.05) is 167 Å². The first-order valence-corrected chi connectivity index (χ1v) is 20.3. The molecule has 4 nitrogen and oxygen atoms in total. The minimum absolute atomic E-state index is 0. The van der Waals surface area contributed by atoms with E-state index in [0.717, 1.165) is 72.5 Å². The molecule has 0 atom stereocenters. The van der Waals surface area contributed by atoms with Gasteiger partial charge in [-0.25, -0.2) is 4.98 Å². The molecule has 5 heteroatoms. The maximum atomic E-state index is 12.1. The summed E-state index contributed by atoms with van der Waals surface area (Å²) in [5, 5.41) is 12.1. The fraction of sp³-hybridized carbons (Fsp3) is 0.127. The number of phenols is 1. The number of fused-ring (bicyclic) bond motifs is 4. The van der Waals surface area contributed by atoms with Crippen LogP contribution in [0.15, 0.2) is 170 Å². The topological polar surface area (TPSA) is 50.9 Å². The fourth-order valence-electron chi connectivity index (χ4n) is 8.86. The van der Waals surface area contributed by atoms with E-state index in [1.54, 1.807) is 0 Å². The normalized spacial score (nSPS) is 12.8. The number of aromatic hydroxyl groups is 1. The summed E-state index contributed by atoms with van der Waals surface area (Å²) in [6, 6.07) is 61.0. The van der Waals surface area contributed by atoms with Gasteiger partial charge in [-0.3, -0.25) is 9.55 Å². The number of nitrogens with zero attached hydrogens (tertiary/aromatic N) is 3. The summed E-state index contributed by atoms with van der Waals surface area (Å²) >= 11 is 0. The van der Waals surface area contributed by atoms with Crippen LogP contribution < -0.4 is 0 Å². The standard InChI is InChI=1S/C55H44N3O.Pt/c1-54(2,3)40-30-38(29-39(31-40)48-32-37(27-28-56-48)35-17-8-6-9-18-35)42-23-16-26-50-52(42)57-53(58(50)49-25-15-13-21-41(49)36-19-10-7-11-20-36)45-33-44-43-22-12-14-24-46(43)55(4,5)47(44)34-51(45)59;/h6-28,30-34,59H,1-5H3;/q-1;. The fourth-order valence-corrected chi connectivity index (χ4v) is 8.86. The minimum Gasteiger partial charge on any atom is -0.507 e. The van der Waals surface area contributed by atoms with Crippen LogP contribution in [-0.2, 0) is 31.9 Å². The first-order valence-electron chi connectivity index (χ1n) is 20.3. The Kier molecular flexibility index (Phi) is 9.80. The second-order valence-electron chi connectivity index (χ2n) is 17.2. The number of hydrogen-bond donors (Lipinski definition) is 1. The first-order chi connectivity index (χ1) is 28.6. The molecule has 7 aromatic carbocycles. The van der Waals surface area contributed by atoms with Crippen LogP contribution in [0.3, 0.4) is 0 Å². The zero-order valence-corrected chi connectivity index (χ0v) is 36.5. The van der Waals surface area contributed by atoms with Gasteiger partial charge in [0.1, 0.15) is 11.6 Å². The number of pyridine rings is 1. The zero-order valence-electron chi connectivity index (χ0n) is 34.3. The molecule has 0 unspecified atom stereocenters.